The van der Waals surface area contributed by atoms with Crippen LogP contribution >= 0.6 is 0 Å². The van der Waals surface area contributed by atoms with Gasteiger partial charge in [-0.1, -0.05) is 17.7 Å². The van der Waals surface area contributed by atoms with Crippen LogP contribution in [0.5, 0.6) is 0 Å². The average molecular weight is 408 g/mol. The molecule has 7 nitrogen and oxygen atoms in total. The molecule has 3 N–H and O–H groups in total. The van der Waals surface area contributed by atoms with Crippen LogP contribution in [0.3, 0.4) is 0 Å². The Balaban J connectivity index is 1.28. The van der Waals surface area contributed by atoms with Gasteiger partial charge in [0.2, 0.25) is 11.8 Å². The van der Waals surface area contributed by atoms with Gasteiger partial charge in [-0.25, -0.2) is 10.9 Å². The van der Waals surface area contributed by atoms with Gasteiger partial charge >= 0.3 is 0 Å². The number of aromatic nitrogens is 1. The molecule has 7 heteroatoms. The van der Waals surface area contributed by atoms with Gasteiger partial charge in [0.15, 0.2) is 0 Å². The van der Waals surface area contributed by atoms with E-state index in [-0.39, 0.29) is 29.8 Å². The number of pyridine rings is 1. The highest BCUT2D eigenvalue weighted by Crippen LogP contribution is 2.25. The average Bonchev–Trinajstić information content (AvgIpc) is 3.26. The van der Waals surface area contributed by atoms with Crippen molar-refractivity contribution in [3.8, 4) is 0 Å². The maximum Gasteiger partial charge on any atom is 0.241 e. The molecule has 1 aromatic heterocycles. The Morgan fingerprint density at radius 3 is 2.50 bits per heavy atom. The summed E-state index contributed by atoms with van der Waals surface area (Å²) < 4.78 is 0. The highest BCUT2D eigenvalue weighted by atomic mass is 16.2. The quantitative estimate of drug-likeness (QED) is 0.725. The minimum absolute atomic E-state index is 0.0486. The molecule has 158 valence electrons. The lowest BCUT2D eigenvalue weighted by atomic mass is 9.94. The van der Waals surface area contributed by atoms with Crippen LogP contribution in [0, 0.1) is 19.8 Å². The predicted molar refractivity (Wildman–Crippen MR) is 116 cm³/mol. The van der Waals surface area contributed by atoms with E-state index in [1.807, 2.05) is 43.0 Å². The first kappa shape index (κ1) is 20.5. The predicted octanol–water partition coefficient (Wildman–Crippen LogP) is 2.48. The molecule has 2 fully saturated rings. The number of benzene rings is 1. The van der Waals surface area contributed by atoms with Crippen molar-refractivity contribution in [3.05, 3.63) is 59.4 Å². The monoisotopic (exact) mass is 407 g/mol. The Hall–Kier alpha value is -2.77. The molecule has 2 saturated heterocycles. The minimum Gasteiger partial charge on any atom is -0.341 e. The maximum absolute atomic E-state index is 12.9. The number of anilines is 1. The van der Waals surface area contributed by atoms with Crippen molar-refractivity contribution in [2.75, 3.05) is 18.4 Å². The van der Waals surface area contributed by atoms with Crippen LogP contribution < -0.4 is 16.2 Å². The number of nitrogens with one attached hydrogen (secondary N) is 3. The fourth-order valence-electron chi connectivity index (χ4n) is 4.30. The fourth-order valence-corrected chi connectivity index (χ4v) is 4.30. The van der Waals surface area contributed by atoms with Gasteiger partial charge in [-0.15, -0.1) is 0 Å². The molecular formula is C23H29N5O2. The summed E-state index contributed by atoms with van der Waals surface area (Å²) in [5.41, 5.74) is 10.6. The zero-order valence-corrected chi connectivity index (χ0v) is 17.5. The van der Waals surface area contributed by atoms with Crippen molar-refractivity contribution in [1.29, 1.82) is 0 Å². The van der Waals surface area contributed by atoms with Gasteiger partial charge in [-0.05, 0) is 62.4 Å². The van der Waals surface area contributed by atoms with E-state index in [1.165, 1.54) is 5.56 Å². The van der Waals surface area contributed by atoms with E-state index < -0.39 is 0 Å². The van der Waals surface area contributed by atoms with Crippen molar-refractivity contribution < 1.29 is 9.59 Å². The van der Waals surface area contributed by atoms with Gasteiger partial charge in [0, 0.05) is 43.1 Å². The fraction of sp³-hybridized carbons (Fsp3) is 0.435. The Labute approximate surface area is 177 Å². The number of rotatable bonds is 4. The summed E-state index contributed by atoms with van der Waals surface area (Å²) in [6.07, 6.45) is 5.61. The van der Waals surface area contributed by atoms with Gasteiger partial charge in [0.25, 0.3) is 0 Å². The third-order valence-corrected chi connectivity index (χ3v) is 6.13. The second-order valence-electron chi connectivity index (χ2n) is 8.32. The van der Waals surface area contributed by atoms with Crippen molar-refractivity contribution >= 4 is 17.5 Å². The largest absolute Gasteiger partial charge is 0.341 e. The van der Waals surface area contributed by atoms with Crippen LogP contribution in [-0.2, 0) is 9.59 Å². The first-order valence-corrected chi connectivity index (χ1v) is 10.6. The molecule has 0 bridgehead atoms. The summed E-state index contributed by atoms with van der Waals surface area (Å²) in [6, 6.07) is 9.81. The smallest absolute Gasteiger partial charge is 0.241 e. The first-order valence-electron chi connectivity index (χ1n) is 10.6. The van der Waals surface area contributed by atoms with Gasteiger partial charge in [-0.2, -0.15) is 0 Å². The molecule has 0 spiro atoms. The number of likely N-dealkylation sites (tertiary alicyclic amines) is 1. The topological polar surface area (TPSA) is 86.4 Å². The first-order chi connectivity index (χ1) is 14.5. The van der Waals surface area contributed by atoms with Crippen LogP contribution in [0.2, 0.25) is 0 Å². The van der Waals surface area contributed by atoms with Gasteiger partial charge in [0.1, 0.15) is 6.04 Å². The third kappa shape index (κ3) is 4.52. The molecule has 2 atom stereocenters. The van der Waals surface area contributed by atoms with Gasteiger partial charge < -0.3 is 10.2 Å². The number of hydrogen-bond acceptors (Lipinski definition) is 5. The number of carbonyl (C=O) groups is 2. The van der Waals surface area contributed by atoms with E-state index in [9.17, 15) is 9.59 Å². The zero-order chi connectivity index (χ0) is 21.1. The number of piperidine rings is 1. The van der Waals surface area contributed by atoms with Gasteiger partial charge in [0.05, 0.1) is 0 Å². The highest BCUT2D eigenvalue weighted by molar-refractivity contribution is 5.93. The lowest BCUT2D eigenvalue weighted by Crippen LogP contribution is -2.49. The number of nitrogens with zero attached hydrogens (tertiary/aromatic N) is 2. The molecule has 0 saturated carbocycles. The van der Waals surface area contributed by atoms with Crippen LogP contribution in [0.1, 0.15) is 42.0 Å². The molecule has 2 amide bonds. The SMILES string of the molecule is Cc1ccc(NC(=O)C2CCN(C(=O)C3CC(c4ccncc4)NN3)CC2)c(C)c1. The lowest BCUT2D eigenvalue weighted by Gasteiger charge is -2.33. The third-order valence-electron chi connectivity index (χ3n) is 6.13. The van der Waals surface area contributed by atoms with Crippen molar-refractivity contribution in [2.24, 2.45) is 5.92 Å². The summed E-state index contributed by atoms with van der Waals surface area (Å²) in [5, 5.41) is 3.06. The number of hydrogen-bond donors (Lipinski definition) is 3. The van der Waals surface area contributed by atoms with Crippen molar-refractivity contribution in [2.45, 2.75) is 45.2 Å². The second kappa shape index (κ2) is 8.93. The molecule has 2 aliphatic rings. The summed E-state index contributed by atoms with van der Waals surface area (Å²) in [4.78, 5) is 31.6. The molecule has 2 unspecified atom stereocenters. The van der Waals surface area contributed by atoms with Crippen molar-refractivity contribution in [3.63, 3.8) is 0 Å². The zero-order valence-electron chi connectivity index (χ0n) is 17.5. The maximum atomic E-state index is 12.9. The van der Waals surface area contributed by atoms with Crippen LogP contribution in [-0.4, -0.2) is 40.8 Å². The minimum atomic E-state index is -0.247. The molecule has 2 aromatic rings. The number of hydrazine groups is 1. The molecule has 0 radical (unpaired) electrons. The summed E-state index contributed by atoms with van der Waals surface area (Å²) >= 11 is 0. The summed E-state index contributed by atoms with van der Waals surface area (Å²) in [5.74, 6) is 0.0914. The number of amides is 2. The summed E-state index contributed by atoms with van der Waals surface area (Å²) in [7, 11) is 0. The molecule has 4 rings (SSSR count). The molecular weight excluding hydrogens is 378 g/mol. The molecule has 2 aliphatic heterocycles. The molecule has 30 heavy (non-hydrogen) atoms. The normalized spacial score (nSPS) is 22.1. The van der Waals surface area contributed by atoms with Crippen molar-refractivity contribution in [1.82, 2.24) is 20.7 Å². The highest BCUT2D eigenvalue weighted by Gasteiger charge is 2.35. The van der Waals surface area contributed by atoms with E-state index in [0.717, 1.165) is 16.8 Å². The van der Waals surface area contributed by atoms with Crippen LogP contribution in [0.15, 0.2) is 42.7 Å². The number of aryl methyl sites for hydroxylation is 2. The van der Waals surface area contributed by atoms with E-state index in [2.05, 4.69) is 27.2 Å². The Morgan fingerprint density at radius 1 is 1.07 bits per heavy atom. The van der Waals surface area contributed by atoms with Gasteiger partial charge in [-0.3, -0.25) is 14.6 Å². The Morgan fingerprint density at radius 2 is 1.80 bits per heavy atom. The summed E-state index contributed by atoms with van der Waals surface area (Å²) in [6.45, 7) is 5.27. The Kier molecular flexibility index (Phi) is 6.11. The van der Waals surface area contributed by atoms with E-state index in [4.69, 9.17) is 0 Å². The molecule has 0 aliphatic carbocycles. The Bertz CT molecular complexity index is 909. The van der Waals surface area contributed by atoms with E-state index in [1.54, 1.807) is 12.4 Å². The van der Waals surface area contributed by atoms with Crippen LogP contribution in [0.4, 0.5) is 5.69 Å². The van der Waals surface area contributed by atoms with E-state index in [0.29, 0.717) is 32.4 Å². The molecule has 3 heterocycles. The lowest BCUT2D eigenvalue weighted by molar-refractivity contribution is -0.136. The molecule has 1 aromatic carbocycles. The second-order valence-corrected chi connectivity index (χ2v) is 8.32. The number of carbonyl (C=O) groups excluding carboxylic acids is 2. The van der Waals surface area contributed by atoms with Crippen LogP contribution in [0.25, 0.3) is 0 Å². The van der Waals surface area contributed by atoms with E-state index >= 15 is 0 Å². The standard InChI is InChI=1S/C23H29N5O2/c1-15-3-4-19(16(2)13-15)25-22(29)18-7-11-28(12-8-18)23(30)21-14-20(26-27-21)17-5-9-24-10-6-17/h3-6,9-10,13,18,20-21,26-27H,7-8,11-12,14H2,1-2H3,(H,25,29).